The van der Waals surface area contributed by atoms with Crippen LogP contribution >= 0.6 is 0 Å². The third kappa shape index (κ3) is 3.98. The van der Waals surface area contributed by atoms with Crippen LogP contribution in [-0.2, 0) is 4.79 Å². The highest BCUT2D eigenvalue weighted by molar-refractivity contribution is 5.91. The van der Waals surface area contributed by atoms with Crippen molar-refractivity contribution in [2.24, 2.45) is 5.73 Å². The Morgan fingerprint density at radius 2 is 2.19 bits per heavy atom. The van der Waals surface area contributed by atoms with Gasteiger partial charge in [-0.05, 0) is 18.6 Å². The van der Waals surface area contributed by atoms with E-state index < -0.39 is 5.82 Å². The maximum absolute atomic E-state index is 13.2. The van der Waals surface area contributed by atoms with E-state index in [9.17, 15) is 9.18 Å². The van der Waals surface area contributed by atoms with Crippen molar-refractivity contribution in [1.29, 1.82) is 0 Å². The highest BCUT2D eigenvalue weighted by Crippen LogP contribution is 2.13. The van der Waals surface area contributed by atoms with Crippen molar-refractivity contribution in [2.75, 3.05) is 5.32 Å². The standard InChI is InChI=1S/C12H17FN2O/c1-2-5-9(14)8-12(16)15-11-7-4-3-6-10(11)13/h3-4,6-7,9H,2,5,8,14H2,1H3,(H,15,16). The molecule has 0 aliphatic carbocycles. The molecule has 88 valence electrons. The van der Waals surface area contributed by atoms with Crippen molar-refractivity contribution >= 4 is 11.6 Å². The Kier molecular flexibility index (Phi) is 4.92. The number of rotatable bonds is 5. The van der Waals surface area contributed by atoms with Crippen LogP contribution in [0.4, 0.5) is 10.1 Å². The number of nitrogens with two attached hydrogens (primary N) is 1. The lowest BCUT2D eigenvalue weighted by atomic mass is 10.1. The van der Waals surface area contributed by atoms with E-state index in [0.29, 0.717) is 0 Å². The number of halogens is 1. The van der Waals surface area contributed by atoms with E-state index in [4.69, 9.17) is 5.73 Å². The van der Waals surface area contributed by atoms with E-state index in [-0.39, 0.29) is 24.1 Å². The molecule has 1 aromatic rings. The van der Waals surface area contributed by atoms with Gasteiger partial charge in [-0.25, -0.2) is 4.39 Å². The summed E-state index contributed by atoms with van der Waals surface area (Å²) in [5, 5.41) is 2.51. The van der Waals surface area contributed by atoms with Gasteiger partial charge >= 0.3 is 0 Å². The molecule has 16 heavy (non-hydrogen) atoms. The molecule has 1 rings (SSSR count). The molecule has 1 unspecified atom stereocenters. The van der Waals surface area contributed by atoms with Crippen molar-refractivity contribution in [3.8, 4) is 0 Å². The second kappa shape index (κ2) is 6.23. The second-order valence-corrected chi connectivity index (χ2v) is 3.78. The molecule has 0 aliphatic rings. The second-order valence-electron chi connectivity index (χ2n) is 3.78. The number of carbonyl (C=O) groups is 1. The Bertz CT molecular complexity index is 355. The van der Waals surface area contributed by atoms with Gasteiger partial charge in [0.05, 0.1) is 5.69 Å². The number of carbonyl (C=O) groups excluding carboxylic acids is 1. The summed E-state index contributed by atoms with van der Waals surface area (Å²) in [5.74, 6) is -0.675. The van der Waals surface area contributed by atoms with Crippen LogP contribution in [0.2, 0.25) is 0 Å². The molecule has 1 atom stereocenters. The van der Waals surface area contributed by atoms with E-state index in [1.807, 2.05) is 6.92 Å². The van der Waals surface area contributed by atoms with E-state index in [1.165, 1.54) is 12.1 Å². The predicted molar refractivity (Wildman–Crippen MR) is 62.5 cm³/mol. The fraction of sp³-hybridized carbons (Fsp3) is 0.417. The average Bonchev–Trinajstić information content (AvgIpc) is 2.21. The van der Waals surface area contributed by atoms with Gasteiger partial charge in [-0.15, -0.1) is 0 Å². The van der Waals surface area contributed by atoms with Crippen molar-refractivity contribution in [3.63, 3.8) is 0 Å². The minimum absolute atomic E-state index is 0.156. The van der Waals surface area contributed by atoms with Gasteiger partial charge in [-0.2, -0.15) is 0 Å². The molecule has 0 fully saturated rings. The summed E-state index contributed by atoms with van der Waals surface area (Å²) < 4.78 is 13.2. The summed E-state index contributed by atoms with van der Waals surface area (Å²) in [6, 6.07) is 5.93. The van der Waals surface area contributed by atoms with Gasteiger partial charge in [0, 0.05) is 12.5 Å². The first kappa shape index (κ1) is 12.6. The van der Waals surface area contributed by atoms with Crippen molar-refractivity contribution < 1.29 is 9.18 Å². The highest BCUT2D eigenvalue weighted by atomic mass is 19.1. The van der Waals surface area contributed by atoms with Crippen LogP contribution < -0.4 is 11.1 Å². The molecular weight excluding hydrogens is 207 g/mol. The minimum Gasteiger partial charge on any atom is -0.327 e. The highest BCUT2D eigenvalue weighted by Gasteiger charge is 2.10. The molecule has 0 spiro atoms. The van der Waals surface area contributed by atoms with Gasteiger partial charge in [0.2, 0.25) is 5.91 Å². The molecule has 1 aromatic carbocycles. The Balaban J connectivity index is 2.49. The van der Waals surface area contributed by atoms with Gasteiger partial charge in [0.1, 0.15) is 5.82 Å². The molecule has 1 amide bonds. The predicted octanol–water partition coefficient (Wildman–Crippen LogP) is 2.28. The minimum atomic E-state index is -0.431. The van der Waals surface area contributed by atoms with Crippen LogP contribution in [0, 0.1) is 5.82 Å². The number of hydrogen-bond donors (Lipinski definition) is 2. The SMILES string of the molecule is CCCC(N)CC(=O)Nc1ccccc1F. The Morgan fingerprint density at radius 1 is 1.50 bits per heavy atom. The summed E-state index contributed by atoms with van der Waals surface area (Å²) in [7, 11) is 0. The van der Waals surface area contributed by atoms with E-state index in [2.05, 4.69) is 5.32 Å². The van der Waals surface area contributed by atoms with Gasteiger partial charge in [-0.3, -0.25) is 4.79 Å². The Morgan fingerprint density at radius 3 is 2.81 bits per heavy atom. The third-order valence-electron chi connectivity index (χ3n) is 2.25. The lowest BCUT2D eigenvalue weighted by molar-refractivity contribution is -0.116. The number of amides is 1. The van der Waals surface area contributed by atoms with Crippen molar-refractivity contribution in [1.82, 2.24) is 0 Å². The van der Waals surface area contributed by atoms with Crippen LogP contribution in [0.1, 0.15) is 26.2 Å². The average molecular weight is 224 g/mol. The zero-order valence-electron chi connectivity index (χ0n) is 9.37. The van der Waals surface area contributed by atoms with Crippen LogP contribution in [0.3, 0.4) is 0 Å². The molecule has 4 heteroatoms. The monoisotopic (exact) mass is 224 g/mol. The number of para-hydroxylation sites is 1. The number of benzene rings is 1. The molecular formula is C12H17FN2O. The fourth-order valence-corrected chi connectivity index (χ4v) is 1.47. The maximum Gasteiger partial charge on any atom is 0.226 e. The Labute approximate surface area is 94.8 Å². The maximum atomic E-state index is 13.2. The zero-order valence-corrected chi connectivity index (χ0v) is 9.37. The Hall–Kier alpha value is -1.42. The third-order valence-corrected chi connectivity index (χ3v) is 2.25. The first-order valence-electron chi connectivity index (χ1n) is 5.43. The molecule has 0 saturated carbocycles. The summed E-state index contributed by atoms with van der Waals surface area (Å²) in [6.07, 6.45) is 1.96. The normalized spacial score (nSPS) is 12.2. The lowest BCUT2D eigenvalue weighted by Gasteiger charge is -2.10. The van der Waals surface area contributed by atoms with E-state index in [1.54, 1.807) is 12.1 Å². The quantitative estimate of drug-likeness (QED) is 0.806. The molecule has 3 nitrogen and oxygen atoms in total. The topological polar surface area (TPSA) is 55.1 Å². The molecule has 0 saturated heterocycles. The zero-order chi connectivity index (χ0) is 12.0. The molecule has 0 aliphatic heterocycles. The number of hydrogen-bond acceptors (Lipinski definition) is 2. The van der Waals surface area contributed by atoms with Crippen LogP contribution in [0.15, 0.2) is 24.3 Å². The molecule has 0 aromatic heterocycles. The molecule has 3 N–H and O–H groups in total. The smallest absolute Gasteiger partial charge is 0.226 e. The number of nitrogens with one attached hydrogen (secondary N) is 1. The van der Waals surface area contributed by atoms with Crippen LogP contribution in [-0.4, -0.2) is 11.9 Å². The van der Waals surface area contributed by atoms with Gasteiger partial charge < -0.3 is 11.1 Å². The molecule has 0 radical (unpaired) electrons. The largest absolute Gasteiger partial charge is 0.327 e. The lowest BCUT2D eigenvalue weighted by Crippen LogP contribution is -2.27. The summed E-state index contributed by atoms with van der Waals surface area (Å²) in [4.78, 5) is 11.5. The molecule has 0 bridgehead atoms. The van der Waals surface area contributed by atoms with E-state index in [0.717, 1.165) is 12.8 Å². The van der Waals surface area contributed by atoms with Crippen molar-refractivity contribution in [3.05, 3.63) is 30.1 Å². The fourth-order valence-electron chi connectivity index (χ4n) is 1.47. The van der Waals surface area contributed by atoms with E-state index >= 15 is 0 Å². The summed E-state index contributed by atoms with van der Waals surface area (Å²) in [6.45, 7) is 2.01. The summed E-state index contributed by atoms with van der Waals surface area (Å²) in [5.41, 5.74) is 5.93. The first-order chi connectivity index (χ1) is 7.63. The van der Waals surface area contributed by atoms with Gasteiger partial charge in [-0.1, -0.05) is 25.5 Å². The summed E-state index contributed by atoms with van der Waals surface area (Å²) >= 11 is 0. The van der Waals surface area contributed by atoms with Crippen LogP contribution in [0.5, 0.6) is 0 Å². The van der Waals surface area contributed by atoms with Gasteiger partial charge in [0.15, 0.2) is 0 Å². The first-order valence-corrected chi connectivity index (χ1v) is 5.43. The number of anilines is 1. The van der Waals surface area contributed by atoms with Crippen molar-refractivity contribution in [2.45, 2.75) is 32.2 Å². The van der Waals surface area contributed by atoms with Gasteiger partial charge in [0.25, 0.3) is 0 Å². The van der Waals surface area contributed by atoms with Crippen LogP contribution in [0.25, 0.3) is 0 Å². The molecule has 0 heterocycles.